The molecule has 1 aromatic heterocycles. The average Bonchev–Trinajstić information content (AvgIpc) is 3.40. The van der Waals surface area contributed by atoms with Crippen LogP contribution in [-0.4, -0.2) is 34.7 Å². The molecule has 30 heavy (non-hydrogen) atoms. The lowest BCUT2D eigenvalue weighted by atomic mass is 10.0. The van der Waals surface area contributed by atoms with Gasteiger partial charge in [-0.25, -0.2) is 4.98 Å². The summed E-state index contributed by atoms with van der Waals surface area (Å²) in [5.74, 6) is -0.696. The van der Waals surface area contributed by atoms with Crippen LogP contribution in [0.2, 0.25) is 5.02 Å². The molecule has 2 unspecified atom stereocenters. The third-order valence-electron chi connectivity index (χ3n) is 5.30. The van der Waals surface area contributed by atoms with Gasteiger partial charge in [0, 0.05) is 23.8 Å². The van der Waals surface area contributed by atoms with Crippen molar-refractivity contribution in [3.63, 3.8) is 0 Å². The number of hydrogen-bond donors (Lipinski definition) is 0. The first-order valence-corrected chi connectivity index (χ1v) is 10.6. The maximum absolute atomic E-state index is 6.40. The predicted octanol–water partition coefficient (Wildman–Crippen LogP) is 4.81. The van der Waals surface area contributed by atoms with Crippen LogP contribution < -0.4 is 0 Å². The molecule has 1 saturated heterocycles. The smallest absolute Gasteiger partial charge is 0.187 e. The summed E-state index contributed by atoms with van der Waals surface area (Å²) in [5, 5.41) is 0.742. The van der Waals surface area contributed by atoms with Crippen molar-refractivity contribution in [2.24, 2.45) is 0 Å². The number of ether oxygens (including phenoxy) is 3. The Morgan fingerprint density at radius 2 is 1.90 bits per heavy atom. The lowest BCUT2D eigenvalue weighted by Crippen LogP contribution is -2.37. The van der Waals surface area contributed by atoms with Crippen LogP contribution in [0.5, 0.6) is 0 Å². The molecule has 2 aromatic carbocycles. The van der Waals surface area contributed by atoms with Crippen LogP contribution >= 0.6 is 11.6 Å². The van der Waals surface area contributed by atoms with Crippen molar-refractivity contribution in [3.8, 4) is 0 Å². The summed E-state index contributed by atoms with van der Waals surface area (Å²) < 4.78 is 20.5. The Balaban J connectivity index is 1.35. The fraction of sp³-hybridized carbons (Fsp3) is 0.375. The largest absolute Gasteiger partial charge is 0.374 e. The minimum atomic E-state index is -0.696. The number of rotatable bonds is 9. The van der Waals surface area contributed by atoms with Crippen LogP contribution in [0.1, 0.15) is 23.1 Å². The summed E-state index contributed by atoms with van der Waals surface area (Å²) in [6.45, 7) is 4.26. The first-order chi connectivity index (χ1) is 14.6. The maximum Gasteiger partial charge on any atom is 0.187 e. The van der Waals surface area contributed by atoms with Crippen LogP contribution in [-0.2, 0) is 33.8 Å². The van der Waals surface area contributed by atoms with E-state index in [1.54, 1.807) is 12.5 Å². The number of imidazole rings is 1. The normalized spacial score (nSPS) is 21.2. The topological polar surface area (TPSA) is 45.5 Å². The van der Waals surface area contributed by atoms with Gasteiger partial charge in [-0.3, -0.25) is 0 Å². The number of halogens is 1. The van der Waals surface area contributed by atoms with E-state index in [0.717, 1.165) is 23.4 Å². The maximum atomic E-state index is 6.40. The summed E-state index contributed by atoms with van der Waals surface area (Å²) in [6.07, 6.45) is 6.97. The first kappa shape index (κ1) is 21.1. The zero-order valence-electron chi connectivity index (χ0n) is 17.2. The van der Waals surface area contributed by atoms with Gasteiger partial charge >= 0.3 is 0 Å². The molecule has 0 radical (unpaired) electrons. The Labute approximate surface area is 182 Å². The highest BCUT2D eigenvalue weighted by Crippen LogP contribution is 2.31. The van der Waals surface area contributed by atoms with E-state index in [0.29, 0.717) is 26.4 Å². The van der Waals surface area contributed by atoms with E-state index in [4.69, 9.17) is 25.8 Å². The monoisotopic (exact) mass is 426 g/mol. The Kier molecular flexibility index (Phi) is 6.85. The third kappa shape index (κ3) is 5.70. The minimum absolute atomic E-state index is 0.0933. The molecule has 0 aliphatic carbocycles. The van der Waals surface area contributed by atoms with Gasteiger partial charge in [-0.05, 0) is 36.6 Å². The van der Waals surface area contributed by atoms with Gasteiger partial charge in [0.15, 0.2) is 5.79 Å². The lowest BCUT2D eigenvalue weighted by Gasteiger charge is -2.28. The van der Waals surface area contributed by atoms with Crippen molar-refractivity contribution in [1.82, 2.24) is 9.55 Å². The van der Waals surface area contributed by atoms with Crippen molar-refractivity contribution in [2.75, 3.05) is 13.2 Å². The predicted molar refractivity (Wildman–Crippen MR) is 116 cm³/mol. The molecule has 0 N–H and O–H groups in total. The fourth-order valence-corrected chi connectivity index (χ4v) is 3.75. The first-order valence-electron chi connectivity index (χ1n) is 10.3. The Hall–Kier alpha value is -2.18. The second-order valence-corrected chi connectivity index (χ2v) is 8.26. The number of nitrogens with zero attached hydrogens (tertiary/aromatic N) is 2. The molecule has 4 rings (SSSR count). The molecule has 3 aromatic rings. The van der Waals surface area contributed by atoms with Gasteiger partial charge in [0.1, 0.15) is 6.10 Å². The molecule has 0 spiro atoms. The molecule has 0 bridgehead atoms. The van der Waals surface area contributed by atoms with Crippen molar-refractivity contribution in [1.29, 1.82) is 0 Å². The molecule has 1 aliphatic rings. The molecule has 0 saturated carbocycles. The van der Waals surface area contributed by atoms with Crippen LogP contribution in [0.4, 0.5) is 0 Å². The second kappa shape index (κ2) is 9.75. The van der Waals surface area contributed by atoms with E-state index in [2.05, 4.69) is 36.2 Å². The van der Waals surface area contributed by atoms with Crippen molar-refractivity contribution in [3.05, 3.63) is 89.0 Å². The number of benzene rings is 2. The van der Waals surface area contributed by atoms with Gasteiger partial charge < -0.3 is 18.8 Å². The zero-order chi connectivity index (χ0) is 20.8. The Bertz CT molecular complexity index is 913. The standard InChI is InChI=1S/C24H27ClN2O3/c1-19-2-4-21(5-3-19)14-28-15-23-16-29-24(30-23,17-27-13-12-26-18-27)11-10-20-6-8-22(25)9-7-20/h2-9,12-13,18,23H,10-11,14-17H2,1H3. The van der Waals surface area contributed by atoms with E-state index in [1.165, 1.54) is 11.1 Å². The van der Waals surface area contributed by atoms with E-state index in [-0.39, 0.29) is 6.10 Å². The van der Waals surface area contributed by atoms with Crippen molar-refractivity contribution >= 4 is 11.6 Å². The van der Waals surface area contributed by atoms with Gasteiger partial charge in [0.2, 0.25) is 0 Å². The molecule has 2 heterocycles. The Morgan fingerprint density at radius 3 is 2.63 bits per heavy atom. The molecule has 6 heteroatoms. The SMILES string of the molecule is Cc1ccc(COCC2COC(CCc3ccc(Cl)cc3)(Cn3ccnc3)O2)cc1. The highest BCUT2D eigenvalue weighted by Gasteiger charge is 2.41. The van der Waals surface area contributed by atoms with Gasteiger partial charge in [-0.2, -0.15) is 0 Å². The number of hydrogen-bond acceptors (Lipinski definition) is 4. The van der Waals surface area contributed by atoms with Crippen LogP contribution in [0.3, 0.4) is 0 Å². The number of aromatic nitrogens is 2. The molecule has 2 atom stereocenters. The second-order valence-electron chi connectivity index (χ2n) is 7.82. The zero-order valence-corrected chi connectivity index (χ0v) is 17.9. The van der Waals surface area contributed by atoms with E-state index < -0.39 is 5.79 Å². The van der Waals surface area contributed by atoms with Crippen LogP contribution in [0.15, 0.2) is 67.3 Å². The molecule has 5 nitrogen and oxygen atoms in total. The molecule has 1 fully saturated rings. The van der Waals surface area contributed by atoms with E-state index in [1.807, 2.05) is 35.0 Å². The van der Waals surface area contributed by atoms with Gasteiger partial charge in [0.25, 0.3) is 0 Å². The highest BCUT2D eigenvalue weighted by atomic mass is 35.5. The fourth-order valence-electron chi connectivity index (χ4n) is 3.63. The van der Waals surface area contributed by atoms with Crippen molar-refractivity contribution in [2.45, 2.75) is 44.8 Å². The quantitative estimate of drug-likeness (QED) is 0.492. The summed E-state index contributed by atoms with van der Waals surface area (Å²) in [6, 6.07) is 16.3. The van der Waals surface area contributed by atoms with Gasteiger partial charge in [-0.1, -0.05) is 53.6 Å². The summed E-state index contributed by atoms with van der Waals surface area (Å²) in [4.78, 5) is 4.14. The van der Waals surface area contributed by atoms with Gasteiger partial charge in [-0.15, -0.1) is 0 Å². The number of aryl methyl sites for hydroxylation is 2. The molecule has 0 amide bonds. The molecule has 1 aliphatic heterocycles. The summed E-state index contributed by atoms with van der Waals surface area (Å²) in [7, 11) is 0. The molecule has 158 valence electrons. The van der Waals surface area contributed by atoms with Gasteiger partial charge in [0.05, 0.1) is 32.7 Å². The van der Waals surface area contributed by atoms with E-state index >= 15 is 0 Å². The third-order valence-corrected chi connectivity index (χ3v) is 5.55. The van der Waals surface area contributed by atoms with Crippen LogP contribution in [0.25, 0.3) is 0 Å². The van der Waals surface area contributed by atoms with Crippen LogP contribution in [0, 0.1) is 6.92 Å². The minimum Gasteiger partial charge on any atom is -0.374 e. The van der Waals surface area contributed by atoms with E-state index in [9.17, 15) is 0 Å². The highest BCUT2D eigenvalue weighted by molar-refractivity contribution is 6.30. The summed E-state index contributed by atoms with van der Waals surface area (Å²) >= 11 is 6.01. The molecular weight excluding hydrogens is 400 g/mol. The summed E-state index contributed by atoms with van der Waals surface area (Å²) in [5.41, 5.74) is 3.61. The van der Waals surface area contributed by atoms with Crippen molar-refractivity contribution < 1.29 is 14.2 Å². The Morgan fingerprint density at radius 1 is 1.13 bits per heavy atom. The molecular formula is C24H27ClN2O3. The lowest BCUT2D eigenvalue weighted by molar-refractivity contribution is -0.187. The average molecular weight is 427 g/mol.